The topological polar surface area (TPSA) is 92.8 Å². The predicted octanol–water partition coefficient (Wildman–Crippen LogP) is 4.14. The summed E-state index contributed by atoms with van der Waals surface area (Å²) >= 11 is 0. The molecule has 2 fully saturated rings. The molecule has 0 spiro atoms. The highest BCUT2D eigenvalue weighted by atomic mass is 19.1. The average Bonchev–Trinajstić information content (AvgIpc) is 3.56. The van der Waals surface area contributed by atoms with Crippen LogP contribution in [0.3, 0.4) is 0 Å². The number of carbonyl (C=O) groups is 1. The zero-order valence-electron chi connectivity index (χ0n) is 22.5. The molecular formula is C31H32FN5O3. The van der Waals surface area contributed by atoms with Crippen molar-refractivity contribution in [2.24, 2.45) is 5.73 Å². The van der Waals surface area contributed by atoms with E-state index in [1.54, 1.807) is 6.20 Å². The number of amides is 1. The minimum atomic E-state index is -0.564. The van der Waals surface area contributed by atoms with Crippen LogP contribution in [0.4, 0.5) is 10.1 Å². The number of likely N-dealkylation sites (tertiary alicyclic amines) is 1. The third-order valence-electron chi connectivity index (χ3n) is 8.69. The summed E-state index contributed by atoms with van der Waals surface area (Å²) in [6, 6.07) is 13.4. The van der Waals surface area contributed by atoms with Gasteiger partial charge in [0.25, 0.3) is 5.91 Å². The Morgan fingerprint density at radius 1 is 1.15 bits per heavy atom. The average molecular weight is 542 g/mol. The van der Waals surface area contributed by atoms with Crippen molar-refractivity contribution in [2.75, 3.05) is 38.1 Å². The number of hydrogen-bond donors (Lipinski definition) is 2. The van der Waals surface area contributed by atoms with Crippen LogP contribution in [0, 0.1) is 5.82 Å². The van der Waals surface area contributed by atoms with Crippen LogP contribution in [-0.4, -0.2) is 60.7 Å². The maximum Gasteiger partial charge on any atom is 0.256 e. The molecule has 1 aromatic heterocycles. The van der Waals surface area contributed by atoms with Crippen LogP contribution in [0.5, 0.6) is 11.5 Å². The number of rotatable bonds is 5. The number of hydrogen-bond acceptors (Lipinski definition) is 6. The number of pyridine rings is 1. The summed E-state index contributed by atoms with van der Waals surface area (Å²) in [6.45, 7) is 2.60. The molecular weight excluding hydrogens is 509 g/mol. The van der Waals surface area contributed by atoms with Gasteiger partial charge >= 0.3 is 0 Å². The lowest BCUT2D eigenvalue weighted by molar-refractivity contribution is 0.0949. The molecule has 1 unspecified atom stereocenters. The van der Waals surface area contributed by atoms with Crippen LogP contribution in [0.2, 0.25) is 0 Å². The Morgan fingerprint density at radius 3 is 2.67 bits per heavy atom. The number of anilines is 1. The highest BCUT2D eigenvalue weighted by Crippen LogP contribution is 2.48. The fourth-order valence-electron chi connectivity index (χ4n) is 6.53. The molecule has 9 heteroatoms. The molecule has 40 heavy (non-hydrogen) atoms. The first-order valence-corrected chi connectivity index (χ1v) is 14.0. The molecule has 2 atom stereocenters. The van der Waals surface area contributed by atoms with Gasteiger partial charge in [-0.1, -0.05) is 24.3 Å². The van der Waals surface area contributed by atoms with Crippen molar-refractivity contribution in [2.45, 2.75) is 37.8 Å². The fourth-order valence-corrected chi connectivity index (χ4v) is 6.53. The van der Waals surface area contributed by atoms with Crippen molar-refractivity contribution < 1.29 is 13.9 Å². The van der Waals surface area contributed by atoms with E-state index in [-0.39, 0.29) is 22.7 Å². The smallest absolute Gasteiger partial charge is 0.256 e. The van der Waals surface area contributed by atoms with Gasteiger partial charge in [-0.05, 0) is 68.2 Å². The van der Waals surface area contributed by atoms with Gasteiger partial charge in [-0.3, -0.25) is 9.59 Å². The van der Waals surface area contributed by atoms with Crippen molar-refractivity contribution in [1.82, 2.24) is 14.8 Å². The quantitative estimate of drug-likeness (QED) is 0.348. The summed E-state index contributed by atoms with van der Waals surface area (Å²) in [4.78, 5) is 31.3. The molecule has 0 radical (unpaired) electrons. The molecule has 3 aromatic carbocycles. The molecule has 206 valence electrons. The molecule has 3 aliphatic rings. The Morgan fingerprint density at radius 2 is 1.95 bits per heavy atom. The molecule has 3 N–H and O–H groups in total. The number of halogens is 1. The summed E-state index contributed by atoms with van der Waals surface area (Å²) in [7, 11) is 2.10. The molecule has 7 rings (SSSR count). The molecule has 2 saturated heterocycles. The van der Waals surface area contributed by atoms with Gasteiger partial charge in [0.15, 0.2) is 17.3 Å². The second-order valence-corrected chi connectivity index (χ2v) is 11.3. The first-order chi connectivity index (χ1) is 19.4. The predicted molar refractivity (Wildman–Crippen MR) is 154 cm³/mol. The number of carbonyl (C=O) groups excluding carboxylic acids is 1. The Bertz CT molecular complexity index is 1730. The third-order valence-corrected chi connectivity index (χ3v) is 8.69. The highest BCUT2D eigenvalue weighted by molar-refractivity contribution is 6.02. The van der Waals surface area contributed by atoms with Gasteiger partial charge in [0, 0.05) is 37.9 Å². The Hall–Kier alpha value is -3.95. The summed E-state index contributed by atoms with van der Waals surface area (Å²) in [6.07, 6.45) is 5.39. The zero-order chi connectivity index (χ0) is 27.5. The van der Waals surface area contributed by atoms with Gasteiger partial charge < -0.3 is 30.2 Å². The Balaban J connectivity index is 1.38. The first kappa shape index (κ1) is 25.0. The largest absolute Gasteiger partial charge is 0.451 e. The van der Waals surface area contributed by atoms with Crippen molar-refractivity contribution in [3.63, 3.8) is 0 Å². The number of benzene rings is 3. The summed E-state index contributed by atoms with van der Waals surface area (Å²) < 4.78 is 24.1. The van der Waals surface area contributed by atoms with Crippen molar-refractivity contribution in [3.05, 3.63) is 70.3 Å². The lowest BCUT2D eigenvalue weighted by Gasteiger charge is -2.29. The lowest BCUT2D eigenvalue weighted by atomic mass is 10.0. The van der Waals surface area contributed by atoms with Gasteiger partial charge in [0.1, 0.15) is 16.8 Å². The van der Waals surface area contributed by atoms with E-state index < -0.39 is 17.2 Å². The van der Waals surface area contributed by atoms with Gasteiger partial charge in [0.2, 0.25) is 5.43 Å². The molecule has 0 bridgehead atoms. The molecule has 4 aromatic rings. The third kappa shape index (κ3) is 4.03. The van der Waals surface area contributed by atoms with E-state index in [0.717, 1.165) is 43.0 Å². The van der Waals surface area contributed by atoms with Gasteiger partial charge in [-0.2, -0.15) is 0 Å². The maximum absolute atomic E-state index is 15.8. The van der Waals surface area contributed by atoms with Crippen LogP contribution in [-0.2, 0) is 0 Å². The number of ether oxygens (including phenoxy) is 1. The standard InChI is InChI=1S/C31H32FN5O3/c1-35-11-4-7-21(35)8-10-34-31(39)23-17-37-25-13-18-5-2-3-6-19(18)14-26(25)40-30-27(37)22(29(23)38)15-24(32)28(30)36-12-9-20(33)16-36/h2-3,5-6,13-15,17,20-21H,4,7-12,16,33H2,1H3,(H,34,39)/t20-,21?/m0/s1. The zero-order valence-corrected chi connectivity index (χ0v) is 22.5. The summed E-state index contributed by atoms with van der Waals surface area (Å²) in [5.74, 6) is -0.213. The molecule has 1 amide bonds. The van der Waals surface area contributed by atoms with E-state index in [2.05, 4.69) is 17.3 Å². The van der Waals surface area contributed by atoms with E-state index in [0.29, 0.717) is 48.3 Å². The normalized spacial score (nSPS) is 20.2. The van der Waals surface area contributed by atoms with E-state index in [4.69, 9.17) is 10.5 Å². The van der Waals surface area contributed by atoms with Crippen LogP contribution < -0.4 is 26.1 Å². The van der Waals surface area contributed by atoms with E-state index in [1.807, 2.05) is 45.9 Å². The van der Waals surface area contributed by atoms with Gasteiger partial charge in [-0.25, -0.2) is 4.39 Å². The second kappa shape index (κ2) is 9.60. The monoisotopic (exact) mass is 541 g/mol. The number of fused-ring (bicyclic) bond motifs is 3. The number of nitrogens with zero attached hydrogens (tertiary/aromatic N) is 3. The molecule has 0 saturated carbocycles. The molecule has 3 aliphatic heterocycles. The Kier molecular flexibility index (Phi) is 6.01. The minimum absolute atomic E-state index is 0.0189. The molecule has 4 heterocycles. The number of aromatic nitrogens is 1. The van der Waals surface area contributed by atoms with Gasteiger partial charge in [-0.15, -0.1) is 0 Å². The number of nitrogens with two attached hydrogens (primary N) is 1. The fraction of sp³-hybridized carbons (Fsp3) is 0.355. The second-order valence-electron chi connectivity index (χ2n) is 11.3. The van der Waals surface area contributed by atoms with E-state index in [9.17, 15) is 9.59 Å². The van der Waals surface area contributed by atoms with E-state index in [1.165, 1.54) is 6.07 Å². The van der Waals surface area contributed by atoms with Crippen LogP contribution >= 0.6 is 0 Å². The number of nitrogens with one attached hydrogen (secondary N) is 1. The minimum Gasteiger partial charge on any atom is -0.451 e. The summed E-state index contributed by atoms with van der Waals surface area (Å²) in [5.41, 5.74) is 7.06. The van der Waals surface area contributed by atoms with Crippen LogP contribution in [0.15, 0.2) is 53.5 Å². The highest BCUT2D eigenvalue weighted by Gasteiger charge is 2.33. The molecule has 0 aliphatic carbocycles. The Labute approximate surface area is 231 Å². The maximum atomic E-state index is 15.8. The van der Waals surface area contributed by atoms with Crippen LogP contribution in [0.25, 0.3) is 27.4 Å². The lowest BCUT2D eigenvalue weighted by Crippen LogP contribution is -2.34. The van der Waals surface area contributed by atoms with Crippen molar-refractivity contribution in [1.29, 1.82) is 0 Å². The van der Waals surface area contributed by atoms with E-state index >= 15 is 4.39 Å². The van der Waals surface area contributed by atoms with Crippen molar-refractivity contribution >= 4 is 33.3 Å². The SMILES string of the molecule is CN1CCCC1CCNC(=O)c1cn2c3c(c(N4CC[C@H](N)C4)c(F)cc3c1=O)Oc1cc3ccccc3cc1-2. The van der Waals surface area contributed by atoms with Crippen LogP contribution in [0.1, 0.15) is 36.0 Å². The van der Waals surface area contributed by atoms with Gasteiger partial charge in [0.05, 0.1) is 11.1 Å². The van der Waals surface area contributed by atoms with Crippen molar-refractivity contribution in [3.8, 4) is 17.2 Å². The molecule has 8 nitrogen and oxygen atoms in total. The summed E-state index contributed by atoms with van der Waals surface area (Å²) in [5, 5.41) is 5.01. The first-order valence-electron chi connectivity index (χ1n) is 14.0.